The van der Waals surface area contributed by atoms with Gasteiger partial charge in [0.15, 0.2) is 0 Å². The number of anilines is 1. The largest absolute Gasteiger partial charge is 0.397 e. The van der Waals surface area contributed by atoms with E-state index in [4.69, 9.17) is 16.3 Å². The number of amides is 2. The number of rotatable bonds is 9. The Morgan fingerprint density at radius 2 is 2.08 bits per heavy atom. The summed E-state index contributed by atoms with van der Waals surface area (Å²) in [4.78, 5) is 27.2. The van der Waals surface area contributed by atoms with Gasteiger partial charge in [-0.1, -0.05) is 6.58 Å². The number of nitrogens with two attached hydrogens (primary N) is 2. The number of hydrazine groups is 1. The van der Waals surface area contributed by atoms with Crippen molar-refractivity contribution in [3.63, 3.8) is 0 Å². The summed E-state index contributed by atoms with van der Waals surface area (Å²) in [7, 11) is 1.61. The number of fused-ring (bicyclic) bond motifs is 1. The standard InChI is InChI=1S/C26H34FN9O3/c1-4-22(37)34-15-26(27,16-34)25(38)33-8-5-20(6-9-33)36(30)17(2)23(29)18-11-21(31-7-10-39-3)24-19(12-28)13-32-35(24)14-18/h4,11,13-14,20,31H,1,5-10,15-16,29-30H2,2-3H3/b23-17-. The molecule has 2 saturated heterocycles. The Bertz CT molecular complexity index is 1330. The topological polar surface area (TPSA) is 158 Å². The first-order chi connectivity index (χ1) is 18.6. The Morgan fingerprint density at radius 1 is 1.38 bits per heavy atom. The fourth-order valence-corrected chi connectivity index (χ4v) is 5.00. The molecule has 0 atom stereocenters. The molecule has 13 heteroatoms. The average molecular weight is 540 g/mol. The molecule has 39 heavy (non-hydrogen) atoms. The van der Waals surface area contributed by atoms with E-state index in [2.05, 4.69) is 23.1 Å². The molecule has 208 valence electrons. The summed E-state index contributed by atoms with van der Waals surface area (Å²) < 4.78 is 21.8. The minimum absolute atomic E-state index is 0.110. The predicted molar refractivity (Wildman–Crippen MR) is 143 cm³/mol. The van der Waals surface area contributed by atoms with E-state index < -0.39 is 11.6 Å². The molecule has 0 bridgehead atoms. The molecule has 0 aromatic carbocycles. The number of carbonyl (C=O) groups excluding carboxylic acids is 2. The van der Waals surface area contributed by atoms with E-state index >= 15 is 4.39 Å². The number of halogens is 1. The predicted octanol–water partition coefficient (Wildman–Crippen LogP) is 0.815. The maximum absolute atomic E-state index is 15.1. The van der Waals surface area contributed by atoms with Crippen LogP contribution in [0.3, 0.4) is 0 Å². The number of alkyl halides is 1. The number of hydrogen-bond donors (Lipinski definition) is 3. The number of allylic oxidation sites excluding steroid dienone is 1. The van der Waals surface area contributed by atoms with E-state index in [-0.39, 0.29) is 25.0 Å². The van der Waals surface area contributed by atoms with E-state index in [0.717, 1.165) is 6.08 Å². The van der Waals surface area contributed by atoms with E-state index in [1.54, 1.807) is 22.8 Å². The SMILES string of the molecule is C=CC(=O)N1CC(F)(C(=O)N2CCC(N(N)/C(C)=C(\N)c3cc(NCCOC)c4c(C#N)cnn4c3)CC2)C1. The summed E-state index contributed by atoms with van der Waals surface area (Å²) in [6.07, 6.45) is 5.42. The first-order valence-electron chi connectivity index (χ1n) is 12.7. The maximum Gasteiger partial charge on any atom is 0.264 e. The smallest absolute Gasteiger partial charge is 0.264 e. The number of carbonyl (C=O) groups is 2. The molecule has 0 aliphatic carbocycles. The van der Waals surface area contributed by atoms with Crippen molar-refractivity contribution in [1.82, 2.24) is 24.4 Å². The van der Waals surface area contributed by atoms with Crippen LogP contribution in [-0.4, -0.2) is 94.4 Å². The zero-order valence-corrected chi connectivity index (χ0v) is 22.2. The van der Waals surface area contributed by atoms with Gasteiger partial charge in [-0.05, 0) is 31.9 Å². The lowest BCUT2D eigenvalue weighted by molar-refractivity contribution is -0.162. The Balaban J connectivity index is 1.45. The normalized spacial score (nSPS) is 17.7. The van der Waals surface area contributed by atoms with Crippen LogP contribution in [0.5, 0.6) is 0 Å². The molecule has 12 nitrogen and oxygen atoms in total. The van der Waals surface area contributed by atoms with Gasteiger partial charge in [-0.15, -0.1) is 0 Å². The van der Waals surface area contributed by atoms with Gasteiger partial charge in [0.1, 0.15) is 11.6 Å². The minimum atomic E-state index is -2.06. The van der Waals surface area contributed by atoms with Crippen LogP contribution < -0.4 is 16.9 Å². The van der Waals surface area contributed by atoms with Crippen molar-refractivity contribution in [3.8, 4) is 6.07 Å². The van der Waals surface area contributed by atoms with Gasteiger partial charge in [-0.3, -0.25) is 9.59 Å². The number of likely N-dealkylation sites (tertiary alicyclic amines) is 2. The molecule has 4 heterocycles. The van der Waals surface area contributed by atoms with E-state index in [1.807, 2.05) is 13.0 Å². The van der Waals surface area contributed by atoms with Crippen molar-refractivity contribution in [2.75, 3.05) is 51.8 Å². The zero-order valence-electron chi connectivity index (χ0n) is 22.2. The molecule has 2 aromatic rings. The molecule has 2 aliphatic rings. The van der Waals surface area contributed by atoms with Gasteiger partial charge in [0.2, 0.25) is 11.6 Å². The van der Waals surface area contributed by atoms with Crippen molar-refractivity contribution >= 4 is 28.7 Å². The van der Waals surface area contributed by atoms with Crippen LogP contribution in [0.1, 0.15) is 30.9 Å². The molecule has 0 saturated carbocycles. The number of piperidine rings is 1. The lowest BCUT2D eigenvalue weighted by Gasteiger charge is -2.46. The Morgan fingerprint density at radius 3 is 2.69 bits per heavy atom. The van der Waals surface area contributed by atoms with Gasteiger partial charge in [-0.25, -0.2) is 14.7 Å². The number of hydrogen-bond acceptors (Lipinski definition) is 9. The van der Waals surface area contributed by atoms with Gasteiger partial charge >= 0.3 is 0 Å². The second-order valence-electron chi connectivity index (χ2n) is 9.82. The highest BCUT2D eigenvalue weighted by Gasteiger charge is 2.53. The summed E-state index contributed by atoms with van der Waals surface area (Å²) in [5.74, 6) is 5.50. The third-order valence-corrected chi connectivity index (χ3v) is 7.34. The summed E-state index contributed by atoms with van der Waals surface area (Å²) in [6.45, 7) is 6.39. The van der Waals surface area contributed by atoms with Crippen molar-refractivity contribution < 1.29 is 18.7 Å². The average Bonchev–Trinajstić information content (AvgIpc) is 3.37. The van der Waals surface area contributed by atoms with Crippen LogP contribution in [0.4, 0.5) is 10.1 Å². The molecule has 2 amide bonds. The molecule has 4 rings (SSSR count). The lowest BCUT2D eigenvalue weighted by Crippen LogP contribution is -2.68. The number of nitriles is 1. The monoisotopic (exact) mass is 539 g/mol. The summed E-state index contributed by atoms with van der Waals surface area (Å²) >= 11 is 0. The molecule has 0 unspecified atom stereocenters. The van der Waals surface area contributed by atoms with Gasteiger partial charge in [0.25, 0.3) is 5.91 Å². The minimum Gasteiger partial charge on any atom is -0.397 e. The van der Waals surface area contributed by atoms with Gasteiger partial charge < -0.3 is 30.6 Å². The van der Waals surface area contributed by atoms with Crippen LogP contribution in [0, 0.1) is 11.3 Å². The third-order valence-electron chi connectivity index (χ3n) is 7.34. The highest BCUT2D eigenvalue weighted by molar-refractivity contribution is 5.93. The molecule has 2 aliphatic heterocycles. The van der Waals surface area contributed by atoms with E-state index in [1.165, 1.54) is 16.0 Å². The second-order valence-corrected chi connectivity index (χ2v) is 9.82. The van der Waals surface area contributed by atoms with Gasteiger partial charge in [0, 0.05) is 50.2 Å². The van der Waals surface area contributed by atoms with Crippen molar-refractivity contribution in [3.05, 3.63) is 47.9 Å². The molecular weight excluding hydrogens is 505 g/mol. The van der Waals surface area contributed by atoms with Crippen LogP contribution in [0.2, 0.25) is 0 Å². The Kier molecular flexibility index (Phi) is 8.08. The number of methoxy groups -OCH3 is 1. The quantitative estimate of drug-likeness (QED) is 0.181. The lowest BCUT2D eigenvalue weighted by atomic mass is 9.92. The number of pyridine rings is 1. The van der Waals surface area contributed by atoms with Crippen LogP contribution in [0.25, 0.3) is 11.2 Å². The Hall–Kier alpha value is -4.15. The third kappa shape index (κ3) is 5.39. The molecule has 2 aromatic heterocycles. The van der Waals surface area contributed by atoms with Crippen molar-refractivity contribution in [2.24, 2.45) is 11.6 Å². The first kappa shape index (κ1) is 27.9. The number of nitrogens with zero attached hydrogens (tertiary/aromatic N) is 6. The molecule has 0 spiro atoms. The number of ether oxygens (including phenoxy) is 1. The second kappa shape index (κ2) is 11.3. The zero-order chi connectivity index (χ0) is 28.3. The maximum atomic E-state index is 15.1. The summed E-state index contributed by atoms with van der Waals surface area (Å²) in [6, 6.07) is 3.89. The Labute approximate surface area is 226 Å². The van der Waals surface area contributed by atoms with Gasteiger partial charge in [0.05, 0.1) is 42.8 Å². The number of nitrogens with one attached hydrogen (secondary N) is 1. The van der Waals surface area contributed by atoms with E-state index in [9.17, 15) is 14.9 Å². The first-order valence-corrected chi connectivity index (χ1v) is 12.7. The molecule has 5 N–H and O–H groups in total. The van der Waals surface area contributed by atoms with Crippen LogP contribution >= 0.6 is 0 Å². The number of aromatic nitrogens is 2. The van der Waals surface area contributed by atoms with Crippen LogP contribution in [-0.2, 0) is 14.3 Å². The fourth-order valence-electron chi connectivity index (χ4n) is 5.00. The molecule has 0 radical (unpaired) electrons. The van der Waals surface area contributed by atoms with Crippen LogP contribution in [0.15, 0.2) is 36.8 Å². The molecule has 2 fully saturated rings. The van der Waals surface area contributed by atoms with Crippen molar-refractivity contribution in [1.29, 1.82) is 5.26 Å². The summed E-state index contributed by atoms with van der Waals surface area (Å²) in [5.41, 5.74) is 7.99. The molecular formula is C26H34FN9O3. The summed E-state index contributed by atoms with van der Waals surface area (Å²) in [5, 5.41) is 18.7. The van der Waals surface area contributed by atoms with E-state index in [0.29, 0.717) is 72.8 Å². The van der Waals surface area contributed by atoms with Crippen molar-refractivity contribution in [2.45, 2.75) is 31.5 Å². The highest BCUT2D eigenvalue weighted by Crippen LogP contribution is 2.31. The highest BCUT2D eigenvalue weighted by atomic mass is 19.1. The van der Waals surface area contributed by atoms with Gasteiger partial charge in [-0.2, -0.15) is 10.4 Å². The fraction of sp³-hybridized carbons (Fsp3) is 0.462.